The lowest BCUT2D eigenvalue weighted by Gasteiger charge is -2.19. The van der Waals surface area contributed by atoms with Gasteiger partial charge in [-0.05, 0) is 19.9 Å². The number of nitrogens with zero attached hydrogens (tertiary/aromatic N) is 3. The number of aromatic nitrogens is 2. The molecule has 0 unspecified atom stereocenters. The van der Waals surface area contributed by atoms with Crippen molar-refractivity contribution in [2.75, 3.05) is 31.6 Å². The maximum Gasteiger partial charge on any atom is 0.322 e. The molecule has 0 radical (unpaired) electrons. The first-order chi connectivity index (χ1) is 9.55. The number of nitrogens with one attached hydrogen (secondary N) is 1. The monoisotopic (exact) mass is 284 g/mol. The number of carbonyl (C=O) groups excluding carboxylic acids is 2. The van der Waals surface area contributed by atoms with Gasteiger partial charge in [0.05, 0.1) is 19.7 Å². The third-order valence-corrected chi connectivity index (χ3v) is 2.34. The lowest BCUT2D eigenvalue weighted by molar-refractivity contribution is -0.144. The van der Waals surface area contributed by atoms with Gasteiger partial charge in [-0.1, -0.05) is 12.0 Å². The smallest absolute Gasteiger partial charge is 0.322 e. The molecule has 8 heteroatoms. The summed E-state index contributed by atoms with van der Waals surface area (Å²) < 4.78 is 9.92. The van der Waals surface area contributed by atoms with Crippen molar-refractivity contribution >= 4 is 17.9 Å². The second-order valence-electron chi connectivity index (χ2n) is 4.19. The zero-order valence-electron chi connectivity index (χ0n) is 12.0. The second-order valence-corrected chi connectivity index (χ2v) is 4.19. The molecular formula is C12H20N4O4. The normalized spacial score (nSPS) is 10.6. The van der Waals surface area contributed by atoms with Crippen molar-refractivity contribution in [2.24, 2.45) is 0 Å². The fourth-order valence-electron chi connectivity index (χ4n) is 1.63. The van der Waals surface area contributed by atoms with Gasteiger partial charge in [0, 0.05) is 6.92 Å². The third kappa shape index (κ3) is 5.79. The van der Waals surface area contributed by atoms with E-state index in [1.165, 1.54) is 0 Å². The van der Waals surface area contributed by atoms with Crippen LogP contribution in [0.15, 0.2) is 4.42 Å². The highest BCUT2D eigenvalue weighted by molar-refractivity contribution is 5.90. The van der Waals surface area contributed by atoms with Crippen molar-refractivity contribution < 1.29 is 18.7 Å². The minimum atomic E-state index is -0.345. The van der Waals surface area contributed by atoms with Crippen molar-refractivity contribution in [3.63, 3.8) is 0 Å². The van der Waals surface area contributed by atoms with E-state index >= 15 is 0 Å². The minimum Gasteiger partial charge on any atom is -0.465 e. The highest BCUT2D eigenvalue weighted by atomic mass is 16.5. The lowest BCUT2D eigenvalue weighted by atomic mass is 10.4. The minimum absolute atomic E-state index is 0.0556. The van der Waals surface area contributed by atoms with E-state index in [0.717, 1.165) is 6.42 Å². The van der Waals surface area contributed by atoms with E-state index in [-0.39, 0.29) is 31.0 Å². The van der Waals surface area contributed by atoms with Crippen molar-refractivity contribution in [1.82, 2.24) is 15.1 Å². The highest BCUT2D eigenvalue weighted by Gasteiger charge is 2.16. The van der Waals surface area contributed by atoms with Crippen LogP contribution in [0, 0.1) is 6.92 Å². The number of rotatable bonds is 8. The quantitative estimate of drug-likeness (QED) is 0.698. The van der Waals surface area contributed by atoms with Crippen LogP contribution >= 0.6 is 0 Å². The molecule has 1 N–H and O–H groups in total. The molecule has 0 aliphatic carbocycles. The zero-order valence-corrected chi connectivity index (χ0v) is 12.0. The number of aryl methyl sites for hydroxylation is 1. The molecule has 8 nitrogen and oxygen atoms in total. The van der Waals surface area contributed by atoms with E-state index in [2.05, 4.69) is 15.5 Å². The Morgan fingerprint density at radius 2 is 2.05 bits per heavy atom. The maximum absolute atomic E-state index is 11.8. The molecule has 1 aromatic heterocycles. The Morgan fingerprint density at radius 1 is 1.30 bits per heavy atom. The van der Waals surface area contributed by atoms with E-state index in [1.54, 1.807) is 18.7 Å². The summed E-state index contributed by atoms with van der Waals surface area (Å²) in [7, 11) is 0. The summed E-state index contributed by atoms with van der Waals surface area (Å²) in [6.07, 6.45) is 0.826. The van der Waals surface area contributed by atoms with E-state index in [0.29, 0.717) is 19.0 Å². The average molecular weight is 284 g/mol. The number of amides is 1. The summed E-state index contributed by atoms with van der Waals surface area (Å²) in [6, 6.07) is 0.0556. The molecule has 1 heterocycles. The van der Waals surface area contributed by atoms with E-state index in [1.807, 2.05) is 6.92 Å². The van der Waals surface area contributed by atoms with Crippen LogP contribution in [0.2, 0.25) is 0 Å². The number of carbonyl (C=O) groups is 2. The van der Waals surface area contributed by atoms with Gasteiger partial charge in [0.25, 0.3) is 0 Å². The second kappa shape index (κ2) is 8.26. The van der Waals surface area contributed by atoms with Crippen LogP contribution in [-0.4, -0.2) is 53.2 Å². The van der Waals surface area contributed by atoms with Gasteiger partial charge in [-0.2, -0.15) is 0 Å². The van der Waals surface area contributed by atoms with Gasteiger partial charge in [0.1, 0.15) is 0 Å². The maximum atomic E-state index is 11.8. The molecule has 0 fully saturated rings. The molecule has 0 aromatic carbocycles. The molecule has 0 aliphatic heterocycles. The number of ether oxygens (including phenoxy) is 1. The largest absolute Gasteiger partial charge is 0.465 e. The summed E-state index contributed by atoms with van der Waals surface area (Å²) in [4.78, 5) is 25.0. The summed E-state index contributed by atoms with van der Waals surface area (Å²) in [6.45, 7) is 6.43. The SMILES string of the molecule is CCCN(CC(=O)Nc1nnc(C)o1)CC(=O)OCC. The van der Waals surface area contributed by atoms with Crippen molar-refractivity contribution in [3.8, 4) is 0 Å². The fourth-order valence-corrected chi connectivity index (χ4v) is 1.63. The van der Waals surface area contributed by atoms with Crippen LogP contribution in [0.3, 0.4) is 0 Å². The number of hydrogen-bond donors (Lipinski definition) is 1. The van der Waals surface area contributed by atoms with E-state index in [4.69, 9.17) is 9.15 Å². The Kier molecular flexibility index (Phi) is 6.65. The van der Waals surface area contributed by atoms with Crippen LogP contribution in [0.25, 0.3) is 0 Å². The zero-order chi connectivity index (χ0) is 15.0. The standard InChI is InChI=1S/C12H20N4O4/c1-4-6-16(8-11(18)19-5-2)7-10(17)13-12-15-14-9(3)20-12/h4-8H2,1-3H3,(H,13,15,17). The van der Waals surface area contributed by atoms with E-state index in [9.17, 15) is 9.59 Å². The van der Waals surface area contributed by atoms with Crippen molar-refractivity contribution in [2.45, 2.75) is 27.2 Å². The number of anilines is 1. The van der Waals surface area contributed by atoms with E-state index < -0.39 is 0 Å². The van der Waals surface area contributed by atoms with Crippen LogP contribution in [-0.2, 0) is 14.3 Å². The molecule has 0 atom stereocenters. The van der Waals surface area contributed by atoms with Gasteiger partial charge in [0.2, 0.25) is 11.8 Å². The molecule has 1 amide bonds. The topological polar surface area (TPSA) is 97.6 Å². The molecule has 1 rings (SSSR count). The van der Waals surface area contributed by atoms with Gasteiger partial charge < -0.3 is 9.15 Å². The summed E-state index contributed by atoms with van der Waals surface area (Å²) in [5.74, 6) is -0.286. The van der Waals surface area contributed by atoms with Crippen LogP contribution < -0.4 is 5.32 Å². The van der Waals surface area contributed by atoms with Gasteiger partial charge in [-0.15, -0.1) is 5.10 Å². The molecule has 0 aliphatic rings. The van der Waals surface area contributed by atoms with Gasteiger partial charge in [-0.3, -0.25) is 19.8 Å². The lowest BCUT2D eigenvalue weighted by Crippen LogP contribution is -2.38. The number of hydrogen-bond acceptors (Lipinski definition) is 7. The Balaban J connectivity index is 2.47. The summed E-state index contributed by atoms with van der Waals surface area (Å²) >= 11 is 0. The van der Waals surface area contributed by atoms with Gasteiger partial charge in [-0.25, -0.2) is 0 Å². The van der Waals surface area contributed by atoms with Crippen LogP contribution in [0.5, 0.6) is 0 Å². The molecule has 0 bridgehead atoms. The molecule has 20 heavy (non-hydrogen) atoms. The highest BCUT2D eigenvalue weighted by Crippen LogP contribution is 2.04. The molecule has 0 saturated heterocycles. The van der Waals surface area contributed by atoms with Gasteiger partial charge in [0.15, 0.2) is 0 Å². The Morgan fingerprint density at radius 3 is 2.60 bits per heavy atom. The number of esters is 1. The summed E-state index contributed by atoms with van der Waals surface area (Å²) in [5, 5.41) is 9.76. The molecule has 0 saturated carbocycles. The van der Waals surface area contributed by atoms with Crippen molar-refractivity contribution in [1.29, 1.82) is 0 Å². The van der Waals surface area contributed by atoms with Gasteiger partial charge >= 0.3 is 12.0 Å². The predicted molar refractivity (Wildman–Crippen MR) is 71.0 cm³/mol. The predicted octanol–water partition coefficient (Wildman–Crippen LogP) is 0.592. The van der Waals surface area contributed by atoms with Crippen molar-refractivity contribution in [3.05, 3.63) is 5.89 Å². The average Bonchev–Trinajstić information content (AvgIpc) is 2.75. The first-order valence-electron chi connectivity index (χ1n) is 6.53. The third-order valence-electron chi connectivity index (χ3n) is 2.34. The molecular weight excluding hydrogens is 264 g/mol. The Labute approximate surface area is 117 Å². The summed E-state index contributed by atoms with van der Waals surface area (Å²) in [5.41, 5.74) is 0. The Hall–Kier alpha value is -1.96. The fraction of sp³-hybridized carbons (Fsp3) is 0.667. The molecule has 1 aromatic rings. The first kappa shape index (κ1) is 16.1. The van der Waals surface area contributed by atoms with Crippen LogP contribution in [0.1, 0.15) is 26.2 Å². The first-order valence-corrected chi connectivity index (χ1v) is 6.53. The molecule has 112 valence electrons. The molecule has 0 spiro atoms. The Bertz CT molecular complexity index is 446. The van der Waals surface area contributed by atoms with Crippen LogP contribution in [0.4, 0.5) is 6.01 Å².